The molecule has 122 valence electrons. The lowest BCUT2D eigenvalue weighted by Gasteiger charge is -2.26. The number of carbonyl (C=O) groups excluding carboxylic acids is 1. The zero-order valence-corrected chi connectivity index (χ0v) is 13.9. The molecule has 1 aliphatic heterocycles. The SMILES string of the molecule is CCCS(=O)(=O)Nc1ccc(CC(=O)N2CCCCC2)cc1. The van der Waals surface area contributed by atoms with Gasteiger partial charge in [0.05, 0.1) is 12.2 Å². The minimum atomic E-state index is -3.26. The van der Waals surface area contributed by atoms with Crippen LogP contribution in [0, 0.1) is 0 Å². The molecule has 0 spiro atoms. The third kappa shape index (κ3) is 5.02. The van der Waals surface area contributed by atoms with E-state index < -0.39 is 10.0 Å². The van der Waals surface area contributed by atoms with Crippen molar-refractivity contribution >= 4 is 21.6 Å². The van der Waals surface area contributed by atoms with Crippen LogP contribution in [0.3, 0.4) is 0 Å². The van der Waals surface area contributed by atoms with Crippen molar-refractivity contribution in [1.82, 2.24) is 4.90 Å². The Morgan fingerprint density at radius 2 is 1.77 bits per heavy atom. The predicted octanol–water partition coefficient (Wildman–Crippen LogP) is 2.39. The fraction of sp³-hybridized carbons (Fsp3) is 0.562. The molecule has 0 radical (unpaired) electrons. The Morgan fingerprint density at radius 1 is 1.14 bits per heavy atom. The van der Waals surface area contributed by atoms with E-state index in [2.05, 4.69) is 4.72 Å². The van der Waals surface area contributed by atoms with Crippen LogP contribution in [0.4, 0.5) is 5.69 Å². The number of rotatable bonds is 6. The molecule has 6 heteroatoms. The number of benzene rings is 1. The Labute approximate surface area is 132 Å². The van der Waals surface area contributed by atoms with Crippen LogP contribution in [0.5, 0.6) is 0 Å². The van der Waals surface area contributed by atoms with Gasteiger partial charge in [0.15, 0.2) is 0 Å². The second-order valence-corrected chi connectivity index (χ2v) is 7.58. The minimum Gasteiger partial charge on any atom is -0.342 e. The van der Waals surface area contributed by atoms with Crippen molar-refractivity contribution in [3.63, 3.8) is 0 Å². The zero-order valence-electron chi connectivity index (χ0n) is 13.0. The van der Waals surface area contributed by atoms with Crippen LogP contribution < -0.4 is 4.72 Å². The molecule has 0 atom stereocenters. The smallest absolute Gasteiger partial charge is 0.232 e. The van der Waals surface area contributed by atoms with E-state index in [-0.39, 0.29) is 11.7 Å². The summed E-state index contributed by atoms with van der Waals surface area (Å²) in [6, 6.07) is 7.05. The van der Waals surface area contributed by atoms with Gasteiger partial charge in [0.1, 0.15) is 0 Å². The van der Waals surface area contributed by atoms with Gasteiger partial charge in [-0.05, 0) is 43.4 Å². The topological polar surface area (TPSA) is 66.5 Å². The van der Waals surface area contributed by atoms with E-state index in [4.69, 9.17) is 0 Å². The fourth-order valence-electron chi connectivity index (χ4n) is 2.62. The molecule has 1 heterocycles. The first-order valence-corrected chi connectivity index (χ1v) is 9.52. The van der Waals surface area contributed by atoms with Crippen LogP contribution in [0.15, 0.2) is 24.3 Å². The molecule has 0 saturated carbocycles. The van der Waals surface area contributed by atoms with Gasteiger partial charge in [-0.3, -0.25) is 9.52 Å². The molecule has 0 bridgehead atoms. The second-order valence-electron chi connectivity index (χ2n) is 5.74. The molecule has 1 aromatic rings. The van der Waals surface area contributed by atoms with E-state index in [1.807, 2.05) is 24.0 Å². The van der Waals surface area contributed by atoms with Gasteiger partial charge < -0.3 is 4.90 Å². The molecule has 1 aliphatic rings. The number of sulfonamides is 1. The average molecular weight is 324 g/mol. The summed E-state index contributed by atoms with van der Waals surface area (Å²) >= 11 is 0. The molecule has 1 fully saturated rings. The molecular formula is C16H24N2O3S. The van der Waals surface area contributed by atoms with Gasteiger partial charge in [-0.15, -0.1) is 0 Å². The maximum atomic E-state index is 12.2. The number of carbonyl (C=O) groups is 1. The molecule has 1 aromatic carbocycles. The molecule has 22 heavy (non-hydrogen) atoms. The molecule has 1 saturated heterocycles. The summed E-state index contributed by atoms with van der Waals surface area (Å²) in [5.41, 5.74) is 1.46. The molecular weight excluding hydrogens is 300 g/mol. The van der Waals surface area contributed by atoms with E-state index in [1.165, 1.54) is 6.42 Å². The standard InChI is InChI=1S/C16H24N2O3S/c1-2-12-22(20,21)17-15-8-6-14(7-9-15)13-16(19)18-10-4-3-5-11-18/h6-9,17H,2-5,10-13H2,1H3. The Hall–Kier alpha value is -1.56. The number of anilines is 1. The predicted molar refractivity (Wildman–Crippen MR) is 88.3 cm³/mol. The van der Waals surface area contributed by atoms with E-state index in [0.29, 0.717) is 18.5 Å². The number of likely N-dealkylation sites (tertiary alicyclic amines) is 1. The van der Waals surface area contributed by atoms with Crippen molar-refractivity contribution < 1.29 is 13.2 Å². The monoisotopic (exact) mass is 324 g/mol. The van der Waals surface area contributed by atoms with Crippen molar-refractivity contribution in [2.45, 2.75) is 39.0 Å². The maximum absolute atomic E-state index is 12.2. The van der Waals surface area contributed by atoms with E-state index >= 15 is 0 Å². The van der Waals surface area contributed by atoms with Gasteiger partial charge in [0.2, 0.25) is 15.9 Å². The van der Waals surface area contributed by atoms with Gasteiger partial charge in [-0.25, -0.2) is 8.42 Å². The molecule has 1 N–H and O–H groups in total. The van der Waals surface area contributed by atoms with Gasteiger partial charge in [-0.1, -0.05) is 19.1 Å². The largest absolute Gasteiger partial charge is 0.342 e. The van der Waals surface area contributed by atoms with Gasteiger partial charge in [-0.2, -0.15) is 0 Å². The van der Waals surface area contributed by atoms with Crippen LogP contribution in [0.25, 0.3) is 0 Å². The lowest BCUT2D eigenvalue weighted by molar-refractivity contribution is -0.131. The van der Waals surface area contributed by atoms with Gasteiger partial charge in [0.25, 0.3) is 0 Å². The second kappa shape index (κ2) is 7.63. The summed E-state index contributed by atoms with van der Waals surface area (Å²) in [6.07, 6.45) is 4.34. The third-order valence-corrected chi connectivity index (χ3v) is 5.26. The number of piperidine rings is 1. The lowest BCUT2D eigenvalue weighted by Crippen LogP contribution is -2.36. The Kier molecular flexibility index (Phi) is 5.83. The number of hydrogen-bond acceptors (Lipinski definition) is 3. The van der Waals surface area contributed by atoms with Crippen molar-refractivity contribution in [2.24, 2.45) is 0 Å². The summed E-state index contributed by atoms with van der Waals surface area (Å²) in [6.45, 7) is 3.54. The highest BCUT2D eigenvalue weighted by Gasteiger charge is 2.16. The number of nitrogens with zero attached hydrogens (tertiary/aromatic N) is 1. The van der Waals surface area contributed by atoms with Crippen LogP contribution in [-0.4, -0.2) is 38.1 Å². The minimum absolute atomic E-state index is 0.113. The number of hydrogen-bond donors (Lipinski definition) is 1. The molecule has 2 rings (SSSR count). The highest BCUT2D eigenvalue weighted by molar-refractivity contribution is 7.92. The molecule has 1 amide bonds. The Balaban J connectivity index is 1.92. The lowest BCUT2D eigenvalue weighted by atomic mass is 10.1. The molecule has 5 nitrogen and oxygen atoms in total. The first kappa shape index (κ1) is 16.8. The van der Waals surface area contributed by atoms with Crippen LogP contribution in [0.1, 0.15) is 38.2 Å². The number of amides is 1. The summed E-state index contributed by atoms with van der Waals surface area (Å²) in [5, 5.41) is 0. The first-order valence-electron chi connectivity index (χ1n) is 7.87. The Bertz CT molecular complexity index is 590. The van der Waals surface area contributed by atoms with E-state index in [0.717, 1.165) is 31.5 Å². The van der Waals surface area contributed by atoms with Gasteiger partial charge >= 0.3 is 0 Å². The normalized spacial score (nSPS) is 15.6. The molecule has 0 aliphatic carbocycles. The van der Waals surface area contributed by atoms with Crippen molar-refractivity contribution in [1.29, 1.82) is 0 Å². The number of nitrogens with one attached hydrogen (secondary N) is 1. The summed E-state index contributed by atoms with van der Waals surface area (Å²) in [5.74, 6) is 0.265. The zero-order chi connectivity index (χ0) is 16.0. The van der Waals surface area contributed by atoms with Crippen LogP contribution in [-0.2, 0) is 21.2 Å². The van der Waals surface area contributed by atoms with E-state index in [9.17, 15) is 13.2 Å². The average Bonchev–Trinajstić information content (AvgIpc) is 2.49. The van der Waals surface area contributed by atoms with Crippen molar-refractivity contribution in [3.8, 4) is 0 Å². The third-order valence-electron chi connectivity index (χ3n) is 3.76. The highest BCUT2D eigenvalue weighted by atomic mass is 32.2. The fourth-order valence-corrected chi connectivity index (χ4v) is 3.75. The van der Waals surface area contributed by atoms with Crippen LogP contribution >= 0.6 is 0 Å². The maximum Gasteiger partial charge on any atom is 0.232 e. The van der Waals surface area contributed by atoms with Gasteiger partial charge in [0, 0.05) is 18.8 Å². The molecule has 0 aromatic heterocycles. The van der Waals surface area contributed by atoms with E-state index in [1.54, 1.807) is 12.1 Å². The summed E-state index contributed by atoms with van der Waals surface area (Å²) in [7, 11) is -3.26. The Morgan fingerprint density at radius 3 is 2.36 bits per heavy atom. The quantitative estimate of drug-likeness (QED) is 0.874. The summed E-state index contributed by atoms with van der Waals surface area (Å²) in [4.78, 5) is 14.1. The van der Waals surface area contributed by atoms with Crippen molar-refractivity contribution in [3.05, 3.63) is 29.8 Å². The summed E-state index contributed by atoms with van der Waals surface area (Å²) < 4.78 is 25.9. The first-order chi connectivity index (χ1) is 10.5. The van der Waals surface area contributed by atoms with Crippen LogP contribution in [0.2, 0.25) is 0 Å². The highest BCUT2D eigenvalue weighted by Crippen LogP contribution is 2.15. The molecule has 0 unspecified atom stereocenters. The van der Waals surface area contributed by atoms with Crippen molar-refractivity contribution in [2.75, 3.05) is 23.6 Å².